The smallest absolute Gasteiger partial charge is 0.231 e. The number of benzene rings is 2. The lowest BCUT2D eigenvalue weighted by atomic mass is 9.66. The number of methoxy groups -OCH3 is 1. The lowest BCUT2D eigenvalue weighted by Crippen LogP contribution is -2.39. The van der Waals surface area contributed by atoms with Gasteiger partial charge in [0.15, 0.2) is 11.5 Å². The Hall–Kier alpha value is -3.30. The fraction of sp³-hybridized carbons (Fsp3) is 0.320. The van der Waals surface area contributed by atoms with Crippen molar-refractivity contribution in [1.82, 2.24) is 0 Å². The topological polar surface area (TPSA) is 80.9 Å². The van der Waals surface area contributed by atoms with E-state index in [0.29, 0.717) is 46.2 Å². The third kappa shape index (κ3) is 3.34. The van der Waals surface area contributed by atoms with Gasteiger partial charge in [-0.2, -0.15) is 5.26 Å². The molecule has 1 aliphatic carbocycles. The monoisotopic (exact) mass is 448 g/mol. The standard InChI is InChI=1S/C25H21ClN2O4/c1-13-18(11-27)24(17-9-22-23(10-19(17)26)32-12-31-22)25-20(28-13)7-15(8-21(25)29)14-3-5-16(30-2)6-4-14/h3-6,9-10,15,24-25H,7-8,12H2,1-2H3/t15-,24-,25-/m0/s1. The van der Waals surface area contributed by atoms with Crippen LogP contribution in [0, 0.1) is 17.2 Å². The number of fused-ring (bicyclic) bond motifs is 2. The van der Waals surface area contributed by atoms with Gasteiger partial charge in [-0.05, 0) is 48.6 Å². The largest absolute Gasteiger partial charge is 0.497 e. The molecule has 2 aliphatic heterocycles. The Labute approximate surface area is 191 Å². The molecule has 7 heteroatoms. The lowest BCUT2D eigenvalue weighted by Gasteiger charge is -2.37. The van der Waals surface area contributed by atoms with E-state index in [2.05, 4.69) is 6.07 Å². The predicted molar refractivity (Wildman–Crippen MR) is 120 cm³/mol. The van der Waals surface area contributed by atoms with E-state index < -0.39 is 11.8 Å². The molecule has 0 aromatic heterocycles. The normalized spacial score (nSPS) is 24.0. The van der Waals surface area contributed by atoms with Crippen LogP contribution in [0.5, 0.6) is 17.2 Å². The van der Waals surface area contributed by atoms with Crippen LogP contribution >= 0.6 is 11.6 Å². The summed E-state index contributed by atoms with van der Waals surface area (Å²) in [4.78, 5) is 18.2. The van der Waals surface area contributed by atoms with Gasteiger partial charge in [0.25, 0.3) is 0 Å². The van der Waals surface area contributed by atoms with Crippen LogP contribution in [-0.4, -0.2) is 25.4 Å². The van der Waals surface area contributed by atoms with Crippen molar-refractivity contribution in [2.24, 2.45) is 10.9 Å². The van der Waals surface area contributed by atoms with Gasteiger partial charge in [0.2, 0.25) is 6.79 Å². The van der Waals surface area contributed by atoms with Crippen molar-refractivity contribution in [3.8, 4) is 23.3 Å². The fourth-order valence-corrected chi connectivity index (χ4v) is 5.21. The molecule has 162 valence electrons. The zero-order valence-electron chi connectivity index (χ0n) is 17.7. The molecule has 0 N–H and O–H groups in total. The number of Topliss-reactive ketones (excluding diaryl/α,β-unsaturated/α-hetero) is 1. The molecule has 6 nitrogen and oxygen atoms in total. The van der Waals surface area contributed by atoms with Crippen LogP contribution in [0.1, 0.15) is 42.7 Å². The second-order valence-corrected chi connectivity index (χ2v) is 8.65. The number of carbonyl (C=O) groups is 1. The Morgan fingerprint density at radius 2 is 1.84 bits per heavy atom. The number of hydrogen-bond acceptors (Lipinski definition) is 6. The minimum absolute atomic E-state index is 0.0349. The Bertz CT molecular complexity index is 1210. The molecule has 0 spiro atoms. The van der Waals surface area contributed by atoms with Crippen LogP contribution in [0.25, 0.3) is 0 Å². The fourth-order valence-electron chi connectivity index (χ4n) is 4.94. The van der Waals surface area contributed by atoms with Gasteiger partial charge in [-0.25, -0.2) is 0 Å². The summed E-state index contributed by atoms with van der Waals surface area (Å²) in [6.45, 7) is 1.94. The van der Waals surface area contributed by atoms with E-state index in [1.165, 1.54) is 0 Å². The first-order chi connectivity index (χ1) is 15.5. The molecule has 3 aliphatic rings. The first-order valence-corrected chi connectivity index (χ1v) is 10.8. The maximum atomic E-state index is 13.5. The number of nitrogens with zero attached hydrogens (tertiary/aromatic N) is 2. The number of aliphatic imine (C=N–C) groups is 1. The quantitative estimate of drug-likeness (QED) is 0.646. The maximum Gasteiger partial charge on any atom is 0.231 e. The molecule has 0 bridgehead atoms. The van der Waals surface area contributed by atoms with Crippen LogP contribution < -0.4 is 14.2 Å². The highest BCUT2D eigenvalue weighted by atomic mass is 35.5. The summed E-state index contributed by atoms with van der Waals surface area (Å²) in [6, 6.07) is 13.6. The van der Waals surface area contributed by atoms with Gasteiger partial charge in [0.05, 0.1) is 30.4 Å². The van der Waals surface area contributed by atoms with Crippen LogP contribution in [0.15, 0.2) is 52.7 Å². The molecule has 3 atom stereocenters. The second-order valence-electron chi connectivity index (χ2n) is 8.24. The average molecular weight is 449 g/mol. The highest BCUT2D eigenvalue weighted by molar-refractivity contribution is 6.31. The van der Waals surface area contributed by atoms with Crippen molar-refractivity contribution >= 4 is 23.1 Å². The molecule has 0 radical (unpaired) electrons. The number of rotatable bonds is 3. The Kier molecular flexibility index (Phi) is 5.15. The molecule has 0 amide bonds. The summed E-state index contributed by atoms with van der Waals surface area (Å²) in [7, 11) is 1.63. The number of ketones is 1. The minimum atomic E-state index is -0.513. The summed E-state index contributed by atoms with van der Waals surface area (Å²) in [5.41, 5.74) is 3.67. The van der Waals surface area contributed by atoms with Gasteiger partial charge in [0.1, 0.15) is 11.5 Å². The number of nitriles is 1. The number of carbonyl (C=O) groups excluding carboxylic acids is 1. The van der Waals surface area contributed by atoms with Gasteiger partial charge in [-0.1, -0.05) is 23.7 Å². The second kappa shape index (κ2) is 7.99. The van der Waals surface area contributed by atoms with E-state index in [-0.39, 0.29) is 18.5 Å². The molecule has 1 fully saturated rings. The summed E-state index contributed by atoms with van der Waals surface area (Å²) in [5.74, 6) is 1.01. The van der Waals surface area contributed by atoms with Gasteiger partial charge in [-0.15, -0.1) is 0 Å². The molecule has 0 unspecified atom stereocenters. The van der Waals surface area contributed by atoms with E-state index in [0.717, 1.165) is 17.0 Å². The van der Waals surface area contributed by atoms with E-state index in [4.69, 9.17) is 30.8 Å². The van der Waals surface area contributed by atoms with Crippen molar-refractivity contribution < 1.29 is 19.0 Å². The molecular weight excluding hydrogens is 428 g/mol. The molecule has 32 heavy (non-hydrogen) atoms. The summed E-state index contributed by atoms with van der Waals surface area (Å²) >= 11 is 6.61. The van der Waals surface area contributed by atoms with Gasteiger partial charge >= 0.3 is 0 Å². The Morgan fingerprint density at radius 1 is 1.12 bits per heavy atom. The molecule has 2 aromatic rings. The van der Waals surface area contributed by atoms with Crippen LogP contribution in [-0.2, 0) is 4.79 Å². The summed E-state index contributed by atoms with van der Waals surface area (Å²) in [5, 5.41) is 10.4. The third-order valence-corrected chi connectivity index (χ3v) is 6.82. The summed E-state index contributed by atoms with van der Waals surface area (Å²) < 4.78 is 16.2. The maximum absolute atomic E-state index is 13.5. The van der Waals surface area contributed by atoms with E-state index in [1.54, 1.807) is 19.2 Å². The van der Waals surface area contributed by atoms with Crippen molar-refractivity contribution in [1.29, 1.82) is 5.26 Å². The van der Waals surface area contributed by atoms with Gasteiger partial charge < -0.3 is 14.2 Å². The number of halogens is 1. The first kappa shape index (κ1) is 20.6. The predicted octanol–water partition coefficient (Wildman–Crippen LogP) is 5.18. The number of allylic oxidation sites excluding steroid dienone is 2. The third-order valence-electron chi connectivity index (χ3n) is 6.49. The highest BCUT2D eigenvalue weighted by Gasteiger charge is 2.45. The van der Waals surface area contributed by atoms with Crippen molar-refractivity contribution in [3.63, 3.8) is 0 Å². The van der Waals surface area contributed by atoms with Crippen molar-refractivity contribution in [2.75, 3.05) is 13.9 Å². The van der Waals surface area contributed by atoms with E-state index >= 15 is 0 Å². The number of hydrogen-bond donors (Lipinski definition) is 0. The Balaban J connectivity index is 1.55. The number of ether oxygens (including phenoxy) is 3. The zero-order chi connectivity index (χ0) is 22.4. The summed E-state index contributed by atoms with van der Waals surface area (Å²) in [6.07, 6.45) is 1.03. The van der Waals surface area contributed by atoms with Gasteiger partial charge in [-0.3, -0.25) is 9.79 Å². The minimum Gasteiger partial charge on any atom is -0.497 e. The molecule has 5 rings (SSSR count). The van der Waals surface area contributed by atoms with Crippen LogP contribution in [0.3, 0.4) is 0 Å². The first-order valence-electron chi connectivity index (χ1n) is 10.4. The molecular formula is C25H21ClN2O4. The molecule has 0 saturated heterocycles. The Morgan fingerprint density at radius 3 is 2.53 bits per heavy atom. The van der Waals surface area contributed by atoms with Crippen LogP contribution in [0.2, 0.25) is 5.02 Å². The highest BCUT2D eigenvalue weighted by Crippen LogP contribution is 2.49. The van der Waals surface area contributed by atoms with Crippen molar-refractivity contribution in [2.45, 2.75) is 31.6 Å². The van der Waals surface area contributed by atoms with Crippen molar-refractivity contribution in [3.05, 3.63) is 63.8 Å². The lowest BCUT2D eigenvalue weighted by molar-refractivity contribution is -0.122. The van der Waals surface area contributed by atoms with Crippen LogP contribution in [0.4, 0.5) is 0 Å². The van der Waals surface area contributed by atoms with E-state index in [1.807, 2.05) is 31.2 Å². The SMILES string of the molecule is COc1ccc([C@@H]2CC(=O)[C@@H]3C(=NC(C)=C(C#N)[C@@H]3c3cc4c(cc3Cl)OCO4)C2)cc1. The average Bonchev–Trinajstić information content (AvgIpc) is 3.24. The van der Waals surface area contributed by atoms with E-state index in [9.17, 15) is 10.1 Å². The van der Waals surface area contributed by atoms with Gasteiger partial charge in [0, 0.05) is 29.1 Å². The molecule has 1 saturated carbocycles. The molecule has 2 aromatic carbocycles. The molecule has 2 heterocycles. The zero-order valence-corrected chi connectivity index (χ0v) is 18.5.